The van der Waals surface area contributed by atoms with Gasteiger partial charge in [0.05, 0.1) is 5.02 Å². The van der Waals surface area contributed by atoms with Crippen LogP contribution >= 0.6 is 34.8 Å². The smallest absolute Gasteiger partial charge is 0.147 e. The topological polar surface area (TPSA) is 21.3 Å². The zero-order valence-electron chi connectivity index (χ0n) is 11.6. The highest BCUT2D eigenvalue weighted by Crippen LogP contribution is 2.36. The molecule has 0 aromatic heterocycles. The van der Waals surface area contributed by atoms with E-state index >= 15 is 0 Å². The van der Waals surface area contributed by atoms with E-state index in [9.17, 15) is 0 Å². The lowest BCUT2D eigenvalue weighted by atomic mass is 10.2. The van der Waals surface area contributed by atoms with Gasteiger partial charge in [-0.05, 0) is 37.2 Å². The van der Waals surface area contributed by atoms with Crippen molar-refractivity contribution < 1.29 is 4.74 Å². The van der Waals surface area contributed by atoms with Gasteiger partial charge in [-0.15, -0.1) is 0 Å². The normalized spacial score (nSPS) is 10.7. The number of halogens is 3. The predicted molar refractivity (Wildman–Crippen MR) is 90.0 cm³/mol. The molecule has 0 saturated carbocycles. The number of nitrogens with one attached hydrogen (secondary N) is 1. The monoisotopic (exact) mass is 343 g/mol. The van der Waals surface area contributed by atoms with Crippen LogP contribution in [0.15, 0.2) is 36.4 Å². The van der Waals surface area contributed by atoms with Crippen molar-refractivity contribution >= 4 is 34.8 Å². The van der Waals surface area contributed by atoms with Gasteiger partial charge in [0, 0.05) is 17.1 Å². The third kappa shape index (κ3) is 4.52. The summed E-state index contributed by atoms with van der Waals surface area (Å²) < 4.78 is 5.89. The van der Waals surface area contributed by atoms with Gasteiger partial charge in [0.25, 0.3) is 0 Å². The van der Waals surface area contributed by atoms with Crippen LogP contribution in [0.5, 0.6) is 11.5 Å². The standard InChI is InChI=1S/C16H16Cl3NO/c1-2-8-20-10-11-6-7-12(17)9-15(11)21-14-5-3-4-13(18)16(14)19/h3-7,9,20H,2,8,10H2,1H3. The second kappa shape index (κ2) is 7.90. The van der Waals surface area contributed by atoms with Crippen molar-refractivity contribution in [3.63, 3.8) is 0 Å². The van der Waals surface area contributed by atoms with Gasteiger partial charge in [-0.25, -0.2) is 0 Å². The molecular weight excluding hydrogens is 329 g/mol. The minimum Gasteiger partial charge on any atom is -0.455 e. The fourth-order valence-electron chi connectivity index (χ4n) is 1.85. The number of benzene rings is 2. The van der Waals surface area contributed by atoms with Crippen molar-refractivity contribution in [1.29, 1.82) is 0 Å². The summed E-state index contributed by atoms with van der Waals surface area (Å²) in [6, 6.07) is 10.9. The maximum absolute atomic E-state index is 6.16. The first-order chi connectivity index (χ1) is 10.1. The molecule has 0 aliphatic heterocycles. The molecule has 2 aromatic rings. The average molecular weight is 345 g/mol. The maximum atomic E-state index is 6.16. The van der Waals surface area contributed by atoms with Crippen LogP contribution in [0.4, 0.5) is 0 Å². The third-order valence-corrected chi connectivity index (χ3v) is 3.94. The molecule has 0 atom stereocenters. The van der Waals surface area contributed by atoms with Crippen LogP contribution in [0.3, 0.4) is 0 Å². The summed E-state index contributed by atoms with van der Waals surface area (Å²) in [5.41, 5.74) is 1.02. The Morgan fingerprint density at radius 1 is 1.05 bits per heavy atom. The second-order valence-electron chi connectivity index (χ2n) is 4.58. The lowest BCUT2D eigenvalue weighted by molar-refractivity contribution is 0.473. The van der Waals surface area contributed by atoms with Gasteiger partial charge in [-0.2, -0.15) is 0 Å². The first-order valence-corrected chi connectivity index (χ1v) is 7.86. The van der Waals surface area contributed by atoms with Crippen molar-refractivity contribution in [1.82, 2.24) is 5.32 Å². The lowest BCUT2D eigenvalue weighted by Crippen LogP contribution is -2.14. The summed E-state index contributed by atoms with van der Waals surface area (Å²) in [7, 11) is 0. The second-order valence-corrected chi connectivity index (χ2v) is 5.80. The lowest BCUT2D eigenvalue weighted by Gasteiger charge is -2.13. The van der Waals surface area contributed by atoms with Gasteiger partial charge in [-0.3, -0.25) is 0 Å². The Hall–Kier alpha value is -0.930. The zero-order valence-corrected chi connectivity index (χ0v) is 13.9. The van der Waals surface area contributed by atoms with Gasteiger partial charge < -0.3 is 10.1 Å². The fourth-order valence-corrected chi connectivity index (χ4v) is 2.34. The SMILES string of the molecule is CCCNCc1ccc(Cl)cc1Oc1cccc(Cl)c1Cl. The van der Waals surface area contributed by atoms with E-state index in [0.717, 1.165) is 18.5 Å². The van der Waals surface area contributed by atoms with Crippen LogP contribution in [-0.4, -0.2) is 6.54 Å². The number of ether oxygens (including phenoxy) is 1. The number of hydrogen-bond donors (Lipinski definition) is 1. The molecule has 0 spiro atoms. The summed E-state index contributed by atoms with van der Waals surface area (Å²) in [4.78, 5) is 0. The minimum atomic E-state index is 0.395. The molecule has 0 unspecified atom stereocenters. The number of hydrogen-bond acceptors (Lipinski definition) is 2. The highest BCUT2D eigenvalue weighted by Gasteiger charge is 2.10. The fraction of sp³-hybridized carbons (Fsp3) is 0.250. The van der Waals surface area contributed by atoms with Crippen molar-refractivity contribution in [2.24, 2.45) is 0 Å². The van der Waals surface area contributed by atoms with E-state index in [1.807, 2.05) is 12.1 Å². The molecule has 0 fully saturated rings. The molecule has 0 saturated heterocycles. The Bertz CT molecular complexity index is 616. The molecule has 2 rings (SSSR count). The molecule has 21 heavy (non-hydrogen) atoms. The summed E-state index contributed by atoms with van der Waals surface area (Å²) >= 11 is 18.2. The molecule has 0 heterocycles. The van der Waals surface area contributed by atoms with Gasteiger partial charge in [0.15, 0.2) is 0 Å². The van der Waals surface area contributed by atoms with E-state index in [-0.39, 0.29) is 0 Å². The predicted octanol–water partition coefficient (Wildman–Crippen LogP) is 5.94. The Morgan fingerprint density at radius 3 is 2.62 bits per heavy atom. The molecule has 0 aliphatic carbocycles. The first-order valence-electron chi connectivity index (χ1n) is 6.73. The van der Waals surface area contributed by atoms with Crippen LogP contribution in [0.1, 0.15) is 18.9 Å². The van der Waals surface area contributed by atoms with Crippen LogP contribution in [-0.2, 0) is 6.54 Å². The molecule has 2 aromatic carbocycles. The molecule has 112 valence electrons. The highest BCUT2D eigenvalue weighted by atomic mass is 35.5. The third-order valence-electron chi connectivity index (χ3n) is 2.91. The number of rotatable bonds is 6. The maximum Gasteiger partial charge on any atom is 0.147 e. The molecule has 5 heteroatoms. The van der Waals surface area contributed by atoms with Crippen molar-refractivity contribution in [3.05, 3.63) is 57.0 Å². The van der Waals surface area contributed by atoms with E-state index < -0.39 is 0 Å². The Morgan fingerprint density at radius 2 is 1.86 bits per heavy atom. The largest absolute Gasteiger partial charge is 0.455 e. The molecule has 0 radical (unpaired) electrons. The van der Waals surface area contributed by atoms with E-state index in [1.165, 1.54) is 0 Å². The summed E-state index contributed by atoms with van der Waals surface area (Å²) in [5.74, 6) is 1.19. The molecule has 0 aliphatic rings. The minimum absolute atomic E-state index is 0.395. The average Bonchev–Trinajstić information content (AvgIpc) is 2.46. The van der Waals surface area contributed by atoms with Crippen LogP contribution in [0, 0.1) is 0 Å². The van der Waals surface area contributed by atoms with Crippen molar-refractivity contribution in [2.45, 2.75) is 19.9 Å². The zero-order chi connectivity index (χ0) is 15.2. The Balaban J connectivity index is 2.25. The van der Waals surface area contributed by atoms with Crippen LogP contribution in [0.25, 0.3) is 0 Å². The van der Waals surface area contributed by atoms with E-state index in [1.54, 1.807) is 24.3 Å². The van der Waals surface area contributed by atoms with Gasteiger partial charge in [0.2, 0.25) is 0 Å². The molecule has 2 nitrogen and oxygen atoms in total. The molecule has 0 bridgehead atoms. The molecular formula is C16H16Cl3NO. The van der Waals surface area contributed by atoms with Gasteiger partial charge >= 0.3 is 0 Å². The van der Waals surface area contributed by atoms with Crippen LogP contribution in [0.2, 0.25) is 15.1 Å². The van der Waals surface area contributed by atoms with E-state index in [2.05, 4.69) is 12.2 Å². The van der Waals surface area contributed by atoms with E-state index in [4.69, 9.17) is 39.5 Å². The summed E-state index contributed by atoms with van der Waals surface area (Å²) in [5, 5.41) is 4.81. The van der Waals surface area contributed by atoms with Gasteiger partial charge in [-0.1, -0.05) is 53.9 Å². The quantitative estimate of drug-likeness (QED) is 0.655. The van der Waals surface area contributed by atoms with Crippen molar-refractivity contribution in [2.75, 3.05) is 6.54 Å². The summed E-state index contributed by atoms with van der Waals surface area (Å²) in [6.45, 7) is 3.77. The highest BCUT2D eigenvalue weighted by molar-refractivity contribution is 6.42. The molecule has 1 N–H and O–H groups in total. The van der Waals surface area contributed by atoms with Crippen molar-refractivity contribution in [3.8, 4) is 11.5 Å². The van der Waals surface area contributed by atoms with E-state index in [0.29, 0.717) is 33.1 Å². The Kier molecular flexibility index (Phi) is 6.19. The Labute approximate surface area is 140 Å². The first kappa shape index (κ1) is 16.4. The summed E-state index contributed by atoms with van der Waals surface area (Å²) in [6.07, 6.45) is 1.07. The molecule has 0 amide bonds. The van der Waals surface area contributed by atoms with Gasteiger partial charge in [0.1, 0.15) is 16.5 Å². The van der Waals surface area contributed by atoms with Crippen LogP contribution < -0.4 is 10.1 Å².